The van der Waals surface area contributed by atoms with E-state index in [1.807, 2.05) is 18.2 Å². The van der Waals surface area contributed by atoms with E-state index < -0.39 is 15.9 Å². The normalized spacial score (nSPS) is 16.9. The minimum Gasteiger partial charge on any atom is -0.383 e. The number of piperidine rings is 1. The van der Waals surface area contributed by atoms with Gasteiger partial charge in [0.2, 0.25) is 15.9 Å². The van der Waals surface area contributed by atoms with Gasteiger partial charge in [0.15, 0.2) is 0 Å². The summed E-state index contributed by atoms with van der Waals surface area (Å²) in [5.74, 6) is -0.861. The SMILES string of the molecule is COCCNS(=O)(=O)c1cccc(C(=O)Nc2ccccc2CN2CCCC(C(N)=O)C2)c1. The number of benzene rings is 2. The maximum atomic E-state index is 12.9. The highest BCUT2D eigenvalue weighted by atomic mass is 32.2. The molecule has 0 saturated carbocycles. The summed E-state index contributed by atoms with van der Waals surface area (Å²) < 4.78 is 32.2. The van der Waals surface area contributed by atoms with E-state index in [9.17, 15) is 18.0 Å². The van der Waals surface area contributed by atoms with Crippen molar-refractivity contribution in [2.24, 2.45) is 11.7 Å². The number of para-hydroxylation sites is 1. The summed E-state index contributed by atoms with van der Waals surface area (Å²) in [6, 6.07) is 13.3. The van der Waals surface area contributed by atoms with Crippen LogP contribution >= 0.6 is 0 Å². The molecule has 0 spiro atoms. The molecule has 2 aromatic rings. The molecule has 2 amide bonds. The summed E-state index contributed by atoms with van der Waals surface area (Å²) in [4.78, 5) is 26.7. The van der Waals surface area contributed by atoms with Crippen LogP contribution in [-0.2, 0) is 26.1 Å². The minimum atomic E-state index is -3.76. The highest BCUT2D eigenvalue weighted by Crippen LogP contribution is 2.23. The molecule has 1 atom stereocenters. The van der Waals surface area contributed by atoms with Crippen LogP contribution in [0.3, 0.4) is 0 Å². The first-order chi connectivity index (χ1) is 15.8. The van der Waals surface area contributed by atoms with Crippen molar-refractivity contribution in [3.8, 4) is 0 Å². The summed E-state index contributed by atoms with van der Waals surface area (Å²) in [5.41, 5.74) is 7.25. The van der Waals surface area contributed by atoms with Gasteiger partial charge in [-0.2, -0.15) is 0 Å². The Kier molecular flexibility index (Phi) is 8.56. The summed E-state index contributed by atoms with van der Waals surface area (Å²) in [6.07, 6.45) is 1.69. The molecule has 178 valence electrons. The molecule has 1 unspecified atom stereocenters. The third-order valence-electron chi connectivity index (χ3n) is 5.57. The van der Waals surface area contributed by atoms with Crippen LogP contribution in [0.25, 0.3) is 0 Å². The number of hydrogen-bond acceptors (Lipinski definition) is 6. The lowest BCUT2D eigenvalue weighted by atomic mass is 9.97. The lowest BCUT2D eigenvalue weighted by Crippen LogP contribution is -2.40. The Hall–Kier alpha value is -2.79. The van der Waals surface area contributed by atoms with E-state index in [2.05, 4.69) is 14.9 Å². The fourth-order valence-corrected chi connectivity index (χ4v) is 4.87. The molecule has 0 aliphatic carbocycles. The number of nitrogens with two attached hydrogens (primary N) is 1. The lowest BCUT2D eigenvalue weighted by molar-refractivity contribution is -0.123. The Bertz CT molecular complexity index is 1090. The average molecular weight is 475 g/mol. The standard InChI is InChI=1S/C23H30N4O5S/c1-32-13-11-25-33(30,31)20-9-4-7-17(14-20)23(29)26-21-10-3-2-6-18(21)15-27-12-5-8-19(16-27)22(24)28/h2-4,6-7,9-10,14,19,25H,5,8,11-13,15-16H2,1H3,(H2,24,28)(H,26,29). The second-order valence-electron chi connectivity index (χ2n) is 8.01. The van der Waals surface area contributed by atoms with Gasteiger partial charge in [-0.1, -0.05) is 24.3 Å². The van der Waals surface area contributed by atoms with Gasteiger partial charge in [-0.05, 0) is 49.2 Å². The molecule has 0 bridgehead atoms. The van der Waals surface area contributed by atoms with Crippen molar-refractivity contribution in [3.05, 3.63) is 59.7 Å². The maximum absolute atomic E-state index is 12.9. The van der Waals surface area contributed by atoms with Crippen LogP contribution in [-0.4, -0.2) is 58.5 Å². The summed E-state index contributed by atoms with van der Waals surface area (Å²) in [5, 5.41) is 2.89. The third kappa shape index (κ3) is 6.84. The van der Waals surface area contributed by atoms with E-state index in [0.717, 1.165) is 24.9 Å². The molecule has 2 aromatic carbocycles. The molecule has 1 aliphatic heterocycles. The number of amides is 2. The van der Waals surface area contributed by atoms with E-state index in [1.54, 1.807) is 12.1 Å². The van der Waals surface area contributed by atoms with E-state index in [1.165, 1.54) is 25.3 Å². The largest absolute Gasteiger partial charge is 0.383 e. The number of sulfonamides is 1. The molecule has 1 heterocycles. The van der Waals surface area contributed by atoms with Crippen molar-refractivity contribution in [1.29, 1.82) is 0 Å². The van der Waals surface area contributed by atoms with Crippen molar-refractivity contribution in [2.45, 2.75) is 24.3 Å². The molecule has 1 saturated heterocycles. The Morgan fingerprint density at radius 1 is 1.18 bits per heavy atom. The number of anilines is 1. The summed E-state index contributed by atoms with van der Waals surface area (Å²) in [7, 11) is -2.27. The lowest BCUT2D eigenvalue weighted by Gasteiger charge is -2.31. The van der Waals surface area contributed by atoms with Crippen LogP contribution in [0.4, 0.5) is 5.69 Å². The van der Waals surface area contributed by atoms with E-state index >= 15 is 0 Å². The number of nitrogens with zero attached hydrogens (tertiary/aromatic N) is 1. The molecular weight excluding hydrogens is 444 g/mol. The zero-order valence-corrected chi connectivity index (χ0v) is 19.4. The first kappa shape index (κ1) is 24.8. The van der Waals surface area contributed by atoms with E-state index in [4.69, 9.17) is 10.5 Å². The van der Waals surface area contributed by atoms with E-state index in [-0.39, 0.29) is 35.4 Å². The third-order valence-corrected chi connectivity index (χ3v) is 7.03. The predicted molar refractivity (Wildman–Crippen MR) is 125 cm³/mol. The minimum absolute atomic E-state index is 0.00495. The number of nitrogens with one attached hydrogen (secondary N) is 2. The Labute approximate surface area is 194 Å². The van der Waals surface area contributed by atoms with Gasteiger partial charge in [0.1, 0.15) is 0 Å². The van der Waals surface area contributed by atoms with Gasteiger partial charge >= 0.3 is 0 Å². The molecule has 33 heavy (non-hydrogen) atoms. The van der Waals surface area contributed by atoms with Crippen molar-refractivity contribution in [1.82, 2.24) is 9.62 Å². The Balaban J connectivity index is 1.72. The topological polar surface area (TPSA) is 131 Å². The number of ether oxygens (including phenoxy) is 1. The summed E-state index contributed by atoms with van der Waals surface area (Å²) >= 11 is 0. The van der Waals surface area contributed by atoms with Gasteiger partial charge in [-0.25, -0.2) is 13.1 Å². The average Bonchev–Trinajstić information content (AvgIpc) is 2.80. The number of methoxy groups -OCH3 is 1. The highest BCUT2D eigenvalue weighted by Gasteiger charge is 2.24. The second kappa shape index (κ2) is 11.4. The smallest absolute Gasteiger partial charge is 0.255 e. The molecular formula is C23H30N4O5S. The monoisotopic (exact) mass is 474 g/mol. The van der Waals surface area contributed by atoms with Gasteiger partial charge in [-0.3, -0.25) is 14.5 Å². The number of hydrogen-bond donors (Lipinski definition) is 3. The molecule has 0 aromatic heterocycles. The molecule has 1 aliphatic rings. The molecule has 0 radical (unpaired) electrons. The van der Waals surface area contributed by atoms with Crippen molar-refractivity contribution < 1.29 is 22.7 Å². The molecule has 3 rings (SSSR count). The number of likely N-dealkylation sites (tertiary alicyclic amines) is 1. The first-order valence-electron chi connectivity index (χ1n) is 10.8. The Morgan fingerprint density at radius 3 is 2.73 bits per heavy atom. The van der Waals surface area contributed by atoms with Crippen molar-refractivity contribution in [3.63, 3.8) is 0 Å². The molecule has 1 fully saturated rings. The highest BCUT2D eigenvalue weighted by molar-refractivity contribution is 7.89. The Morgan fingerprint density at radius 2 is 1.97 bits per heavy atom. The van der Waals surface area contributed by atoms with E-state index in [0.29, 0.717) is 18.8 Å². The first-order valence-corrected chi connectivity index (χ1v) is 12.3. The maximum Gasteiger partial charge on any atom is 0.255 e. The van der Waals surface area contributed by atoms with Gasteiger partial charge < -0.3 is 15.8 Å². The zero-order chi connectivity index (χ0) is 23.8. The molecule has 4 N–H and O–H groups in total. The van der Waals surface area contributed by atoms with Crippen LogP contribution in [0.2, 0.25) is 0 Å². The quantitative estimate of drug-likeness (QED) is 0.448. The molecule has 9 nitrogen and oxygen atoms in total. The summed E-state index contributed by atoms with van der Waals surface area (Å²) in [6.45, 7) is 2.39. The molecule has 10 heteroatoms. The number of primary amides is 1. The van der Waals surface area contributed by atoms with Gasteiger partial charge in [0.05, 0.1) is 17.4 Å². The van der Waals surface area contributed by atoms with Gasteiger partial charge in [0.25, 0.3) is 5.91 Å². The predicted octanol–water partition coefficient (Wildman–Crippen LogP) is 1.56. The van der Waals surface area contributed by atoms with Crippen LogP contribution in [0, 0.1) is 5.92 Å². The number of carbonyl (C=O) groups excluding carboxylic acids is 2. The fraction of sp³-hybridized carbons (Fsp3) is 0.391. The van der Waals surface area contributed by atoms with Crippen LogP contribution < -0.4 is 15.8 Å². The van der Waals surface area contributed by atoms with Crippen LogP contribution in [0.15, 0.2) is 53.4 Å². The van der Waals surface area contributed by atoms with Gasteiger partial charge in [0, 0.05) is 38.0 Å². The second-order valence-corrected chi connectivity index (χ2v) is 9.77. The van der Waals surface area contributed by atoms with Crippen molar-refractivity contribution >= 4 is 27.5 Å². The van der Waals surface area contributed by atoms with Gasteiger partial charge in [-0.15, -0.1) is 0 Å². The van der Waals surface area contributed by atoms with Crippen LogP contribution in [0.1, 0.15) is 28.8 Å². The number of carbonyl (C=O) groups is 2. The fourth-order valence-electron chi connectivity index (χ4n) is 3.81. The zero-order valence-electron chi connectivity index (χ0n) is 18.6. The number of rotatable bonds is 10. The van der Waals surface area contributed by atoms with Crippen molar-refractivity contribution in [2.75, 3.05) is 38.7 Å². The van der Waals surface area contributed by atoms with Crippen LogP contribution in [0.5, 0.6) is 0 Å².